The Morgan fingerprint density at radius 2 is 2.11 bits per heavy atom. The zero-order valence-electron chi connectivity index (χ0n) is 11.7. The van der Waals surface area contributed by atoms with E-state index in [1.54, 1.807) is 0 Å². The van der Waals surface area contributed by atoms with Crippen molar-refractivity contribution in [3.8, 4) is 0 Å². The van der Waals surface area contributed by atoms with Gasteiger partial charge in [-0.15, -0.1) is 11.3 Å². The number of rotatable bonds is 5. The summed E-state index contributed by atoms with van der Waals surface area (Å²) in [5, 5.41) is 6.03. The van der Waals surface area contributed by atoms with Crippen molar-refractivity contribution in [3.05, 3.63) is 22.4 Å². The van der Waals surface area contributed by atoms with E-state index in [-0.39, 0.29) is 0 Å². The van der Waals surface area contributed by atoms with Crippen molar-refractivity contribution in [2.24, 2.45) is 0 Å². The van der Waals surface area contributed by atoms with Crippen LogP contribution in [0.25, 0.3) is 0 Å². The van der Waals surface area contributed by atoms with Crippen LogP contribution >= 0.6 is 11.3 Å². The molecule has 3 unspecified atom stereocenters. The summed E-state index contributed by atoms with van der Waals surface area (Å²) in [5.74, 6) is 0. The SMILES string of the molecule is CCCC(NC1CC(C)OC(C)C1)c1cccs1. The summed E-state index contributed by atoms with van der Waals surface area (Å²) in [7, 11) is 0. The van der Waals surface area contributed by atoms with E-state index < -0.39 is 0 Å². The van der Waals surface area contributed by atoms with Gasteiger partial charge in [-0.2, -0.15) is 0 Å². The second-order valence-electron chi connectivity index (χ2n) is 5.45. The Hall–Kier alpha value is -0.380. The molecule has 3 heteroatoms. The molecule has 1 aromatic heterocycles. The molecule has 1 aromatic rings. The van der Waals surface area contributed by atoms with Gasteiger partial charge in [0.05, 0.1) is 12.2 Å². The summed E-state index contributed by atoms with van der Waals surface area (Å²) in [4.78, 5) is 1.48. The maximum atomic E-state index is 5.81. The average molecular weight is 267 g/mol. The van der Waals surface area contributed by atoms with Crippen molar-refractivity contribution in [2.75, 3.05) is 0 Å². The fourth-order valence-electron chi connectivity index (χ4n) is 2.91. The lowest BCUT2D eigenvalue weighted by Crippen LogP contribution is -2.42. The van der Waals surface area contributed by atoms with Crippen LogP contribution in [0, 0.1) is 0 Å². The molecule has 0 bridgehead atoms. The summed E-state index contributed by atoms with van der Waals surface area (Å²) in [5.41, 5.74) is 0. The van der Waals surface area contributed by atoms with Gasteiger partial charge in [-0.1, -0.05) is 19.4 Å². The summed E-state index contributed by atoms with van der Waals surface area (Å²) in [6.45, 7) is 6.63. The lowest BCUT2D eigenvalue weighted by molar-refractivity contribution is -0.0437. The van der Waals surface area contributed by atoms with Gasteiger partial charge in [0, 0.05) is 17.0 Å². The largest absolute Gasteiger partial charge is 0.375 e. The van der Waals surface area contributed by atoms with Gasteiger partial charge in [0.15, 0.2) is 0 Å². The number of nitrogens with one attached hydrogen (secondary N) is 1. The first kappa shape index (κ1) is 14.0. The molecule has 0 aromatic carbocycles. The highest BCUT2D eigenvalue weighted by atomic mass is 32.1. The third-order valence-electron chi connectivity index (χ3n) is 3.60. The van der Waals surface area contributed by atoms with E-state index in [0.29, 0.717) is 24.3 Å². The fraction of sp³-hybridized carbons (Fsp3) is 0.733. The molecule has 1 aliphatic heterocycles. The number of ether oxygens (including phenoxy) is 1. The van der Waals surface area contributed by atoms with Crippen molar-refractivity contribution in [2.45, 2.75) is 70.7 Å². The Kier molecular flexibility index (Phi) is 5.22. The minimum absolute atomic E-state index is 0.386. The molecular weight excluding hydrogens is 242 g/mol. The molecule has 1 fully saturated rings. The van der Waals surface area contributed by atoms with Crippen LogP contribution in [0.3, 0.4) is 0 Å². The van der Waals surface area contributed by atoms with Crippen LogP contribution in [0.15, 0.2) is 17.5 Å². The number of hydrogen-bond donors (Lipinski definition) is 1. The third kappa shape index (κ3) is 3.81. The van der Waals surface area contributed by atoms with E-state index in [1.165, 1.54) is 17.7 Å². The highest BCUT2D eigenvalue weighted by molar-refractivity contribution is 7.10. The molecule has 3 atom stereocenters. The molecule has 0 spiro atoms. The fourth-order valence-corrected chi connectivity index (χ4v) is 3.73. The quantitative estimate of drug-likeness (QED) is 0.866. The van der Waals surface area contributed by atoms with Crippen molar-refractivity contribution in [3.63, 3.8) is 0 Å². The molecular formula is C15H25NOS. The van der Waals surface area contributed by atoms with Crippen molar-refractivity contribution < 1.29 is 4.74 Å². The summed E-state index contributed by atoms with van der Waals surface area (Å²) in [6.07, 6.45) is 5.49. The second-order valence-corrected chi connectivity index (χ2v) is 6.43. The molecule has 0 radical (unpaired) electrons. The Labute approximate surface area is 115 Å². The van der Waals surface area contributed by atoms with E-state index in [9.17, 15) is 0 Å². The molecule has 102 valence electrons. The zero-order chi connectivity index (χ0) is 13.0. The topological polar surface area (TPSA) is 21.3 Å². The van der Waals surface area contributed by atoms with Crippen LogP contribution in [-0.4, -0.2) is 18.2 Å². The van der Waals surface area contributed by atoms with E-state index in [4.69, 9.17) is 4.74 Å². The zero-order valence-corrected chi connectivity index (χ0v) is 12.5. The van der Waals surface area contributed by atoms with Crippen LogP contribution in [-0.2, 0) is 4.74 Å². The predicted molar refractivity (Wildman–Crippen MR) is 78.1 cm³/mol. The van der Waals surface area contributed by atoms with Gasteiger partial charge in [0.1, 0.15) is 0 Å². The molecule has 0 amide bonds. The van der Waals surface area contributed by atoms with Gasteiger partial charge >= 0.3 is 0 Å². The summed E-state index contributed by atoms with van der Waals surface area (Å²) in [6, 6.07) is 5.53. The van der Waals surface area contributed by atoms with Gasteiger partial charge in [-0.05, 0) is 44.6 Å². The first-order valence-corrected chi connectivity index (χ1v) is 8.02. The van der Waals surface area contributed by atoms with E-state index in [2.05, 4.69) is 43.6 Å². The molecule has 2 heterocycles. The number of thiophene rings is 1. The van der Waals surface area contributed by atoms with Crippen LogP contribution < -0.4 is 5.32 Å². The predicted octanol–water partition coefficient (Wildman–Crippen LogP) is 4.13. The van der Waals surface area contributed by atoms with Crippen molar-refractivity contribution in [1.82, 2.24) is 5.32 Å². The van der Waals surface area contributed by atoms with Crippen LogP contribution in [0.5, 0.6) is 0 Å². The minimum Gasteiger partial charge on any atom is -0.375 e. The third-order valence-corrected chi connectivity index (χ3v) is 4.58. The monoisotopic (exact) mass is 267 g/mol. The van der Waals surface area contributed by atoms with Crippen molar-refractivity contribution in [1.29, 1.82) is 0 Å². The van der Waals surface area contributed by atoms with Gasteiger partial charge in [-0.3, -0.25) is 0 Å². The number of hydrogen-bond acceptors (Lipinski definition) is 3. The van der Waals surface area contributed by atoms with E-state index >= 15 is 0 Å². The lowest BCUT2D eigenvalue weighted by Gasteiger charge is -2.35. The van der Waals surface area contributed by atoms with E-state index in [0.717, 1.165) is 12.8 Å². The highest BCUT2D eigenvalue weighted by Crippen LogP contribution is 2.27. The minimum atomic E-state index is 0.386. The first-order chi connectivity index (χ1) is 8.69. The average Bonchev–Trinajstić information content (AvgIpc) is 2.80. The van der Waals surface area contributed by atoms with Crippen LogP contribution in [0.2, 0.25) is 0 Å². The second kappa shape index (κ2) is 6.69. The molecule has 1 saturated heterocycles. The molecule has 18 heavy (non-hydrogen) atoms. The standard InChI is InChI=1S/C15H25NOS/c1-4-6-14(15-7-5-8-18-15)16-13-9-11(2)17-12(3)10-13/h5,7-8,11-14,16H,4,6,9-10H2,1-3H3. The smallest absolute Gasteiger partial charge is 0.0565 e. The van der Waals surface area contributed by atoms with Gasteiger partial charge in [0.2, 0.25) is 0 Å². The van der Waals surface area contributed by atoms with Gasteiger partial charge in [0.25, 0.3) is 0 Å². The lowest BCUT2D eigenvalue weighted by atomic mass is 9.98. The van der Waals surface area contributed by atoms with Crippen LogP contribution in [0.4, 0.5) is 0 Å². The molecule has 2 nitrogen and oxygen atoms in total. The summed E-state index contributed by atoms with van der Waals surface area (Å²) >= 11 is 1.87. The van der Waals surface area contributed by atoms with Gasteiger partial charge < -0.3 is 10.1 Å². The first-order valence-electron chi connectivity index (χ1n) is 7.14. The molecule has 1 aliphatic rings. The highest BCUT2D eigenvalue weighted by Gasteiger charge is 2.26. The van der Waals surface area contributed by atoms with Crippen molar-refractivity contribution >= 4 is 11.3 Å². The molecule has 2 rings (SSSR count). The Morgan fingerprint density at radius 3 is 2.67 bits per heavy atom. The van der Waals surface area contributed by atoms with Gasteiger partial charge in [-0.25, -0.2) is 0 Å². The van der Waals surface area contributed by atoms with Crippen LogP contribution in [0.1, 0.15) is 57.4 Å². The maximum Gasteiger partial charge on any atom is 0.0565 e. The Morgan fingerprint density at radius 1 is 1.39 bits per heavy atom. The summed E-state index contributed by atoms with van der Waals surface area (Å²) < 4.78 is 5.81. The van der Waals surface area contributed by atoms with E-state index in [1.807, 2.05) is 11.3 Å². The molecule has 1 N–H and O–H groups in total. The molecule has 0 saturated carbocycles. The Balaban J connectivity index is 1.96. The Bertz CT molecular complexity index is 328. The maximum absolute atomic E-state index is 5.81. The molecule has 0 aliphatic carbocycles. The normalized spacial score (nSPS) is 30.3.